The second-order valence-electron chi connectivity index (χ2n) is 8.98. The van der Waals surface area contributed by atoms with Crippen LogP contribution in [-0.4, -0.2) is 59.9 Å². The van der Waals surface area contributed by atoms with E-state index in [9.17, 15) is 9.90 Å². The molecule has 1 aromatic rings. The molecule has 3 saturated heterocycles. The first kappa shape index (κ1) is 18.2. The molecule has 2 N–H and O–H groups in total. The molecule has 5 nitrogen and oxygen atoms in total. The van der Waals surface area contributed by atoms with Crippen LogP contribution in [0.2, 0.25) is 0 Å². The highest BCUT2D eigenvalue weighted by Gasteiger charge is 2.57. The zero-order valence-electron chi connectivity index (χ0n) is 16.0. The van der Waals surface area contributed by atoms with E-state index in [2.05, 4.69) is 40.4 Å². The fourth-order valence-electron chi connectivity index (χ4n) is 5.84. The van der Waals surface area contributed by atoms with Crippen molar-refractivity contribution in [2.75, 3.05) is 19.6 Å². The average molecular weight is 380 g/mol. The molecule has 5 rings (SSSR count). The van der Waals surface area contributed by atoms with Crippen molar-refractivity contribution in [3.8, 4) is 12.3 Å². The number of nitrogens with zero attached hydrogens (tertiary/aromatic N) is 1. The molecule has 4 aliphatic rings. The van der Waals surface area contributed by atoms with Crippen LogP contribution in [-0.2, 0) is 9.53 Å². The Bertz CT molecular complexity index is 770. The summed E-state index contributed by atoms with van der Waals surface area (Å²) in [5.41, 5.74) is 1.36. The maximum absolute atomic E-state index is 13.0. The summed E-state index contributed by atoms with van der Waals surface area (Å²) in [6, 6.07) is 10.8. The van der Waals surface area contributed by atoms with Gasteiger partial charge in [0.2, 0.25) is 5.91 Å². The molecule has 1 aromatic carbocycles. The van der Waals surface area contributed by atoms with Gasteiger partial charge in [-0.3, -0.25) is 9.69 Å². The van der Waals surface area contributed by atoms with Crippen molar-refractivity contribution in [1.82, 2.24) is 10.2 Å². The number of likely N-dealkylation sites (tertiary alicyclic amines) is 1. The standard InChI is InChI=1S/C23H28N2O3/c1-2-8-25-12-18-19(13-25)22-17(11-20(28-22)21(18)26)23(27)24-16-9-15(10-16)14-6-4-3-5-7-14/h1,3-7,15-22,26H,8-13H2,(H,24,27)/t15?,16?,17?,18-,19+,20+,21+,22-/m1/s1. The summed E-state index contributed by atoms with van der Waals surface area (Å²) in [4.78, 5) is 15.2. The van der Waals surface area contributed by atoms with Crippen molar-refractivity contribution >= 4 is 5.91 Å². The molecule has 0 aromatic heterocycles. The van der Waals surface area contributed by atoms with Crippen LogP contribution in [0.1, 0.15) is 30.7 Å². The Balaban J connectivity index is 1.20. The van der Waals surface area contributed by atoms with Crippen molar-refractivity contribution in [1.29, 1.82) is 0 Å². The molecule has 2 bridgehead atoms. The van der Waals surface area contributed by atoms with Gasteiger partial charge in [0.25, 0.3) is 0 Å². The minimum Gasteiger partial charge on any atom is -0.390 e. The van der Waals surface area contributed by atoms with Crippen LogP contribution >= 0.6 is 0 Å². The minimum absolute atomic E-state index is 0.0915. The van der Waals surface area contributed by atoms with Crippen molar-refractivity contribution in [2.45, 2.75) is 49.5 Å². The number of terminal acetylenes is 1. The molecule has 3 aliphatic heterocycles. The van der Waals surface area contributed by atoms with Gasteiger partial charge in [-0.15, -0.1) is 6.42 Å². The number of carbonyl (C=O) groups excluding carboxylic acids is 1. The highest BCUT2D eigenvalue weighted by Crippen LogP contribution is 2.47. The van der Waals surface area contributed by atoms with Crippen molar-refractivity contribution < 1.29 is 14.6 Å². The Morgan fingerprint density at radius 3 is 2.71 bits per heavy atom. The van der Waals surface area contributed by atoms with Crippen LogP contribution in [0, 0.1) is 30.1 Å². The predicted molar refractivity (Wildman–Crippen MR) is 105 cm³/mol. The maximum Gasteiger partial charge on any atom is 0.226 e. The van der Waals surface area contributed by atoms with Crippen LogP contribution < -0.4 is 5.32 Å². The number of carbonyl (C=O) groups is 1. The fourth-order valence-corrected chi connectivity index (χ4v) is 5.84. The lowest BCUT2D eigenvalue weighted by Crippen LogP contribution is -2.50. The first-order valence-electron chi connectivity index (χ1n) is 10.5. The van der Waals surface area contributed by atoms with E-state index in [1.54, 1.807) is 0 Å². The third-order valence-corrected chi connectivity index (χ3v) is 7.35. The largest absolute Gasteiger partial charge is 0.390 e. The SMILES string of the molecule is C#CCN1C[C@H]2[C@H](O)[C@@H]3CC(C(=O)NC4CC(c5ccccc5)C4)[C@@H](O3)[C@H]2C1. The Hall–Kier alpha value is -1.87. The van der Waals surface area contributed by atoms with Crippen LogP contribution in [0.5, 0.6) is 0 Å². The molecule has 1 saturated carbocycles. The van der Waals surface area contributed by atoms with Gasteiger partial charge in [-0.2, -0.15) is 0 Å². The number of amides is 1. The van der Waals surface area contributed by atoms with Crippen molar-refractivity contribution in [3.63, 3.8) is 0 Å². The van der Waals surface area contributed by atoms with Gasteiger partial charge in [-0.05, 0) is 30.7 Å². The number of fused-ring (bicyclic) bond motifs is 4. The zero-order chi connectivity index (χ0) is 19.3. The summed E-state index contributed by atoms with van der Waals surface area (Å²) in [6.45, 7) is 2.21. The van der Waals surface area contributed by atoms with E-state index in [0.29, 0.717) is 18.9 Å². The lowest BCUT2D eigenvalue weighted by Gasteiger charge is -2.38. The van der Waals surface area contributed by atoms with Crippen molar-refractivity contribution in [3.05, 3.63) is 35.9 Å². The summed E-state index contributed by atoms with van der Waals surface area (Å²) in [5, 5.41) is 14.0. The van der Waals surface area contributed by atoms with Crippen LogP contribution in [0.15, 0.2) is 30.3 Å². The highest BCUT2D eigenvalue weighted by molar-refractivity contribution is 5.80. The molecule has 5 heteroatoms. The number of ether oxygens (including phenoxy) is 1. The van der Waals surface area contributed by atoms with E-state index in [-0.39, 0.29) is 41.9 Å². The number of aliphatic hydroxyl groups is 1. The number of nitrogens with one attached hydrogen (secondary N) is 1. The molecule has 1 unspecified atom stereocenters. The highest BCUT2D eigenvalue weighted by atomic mass is 16.5. The molecular weight excluding hydrogens is 352 g/mol. The van der Waals surface area contributed by atoms with Crippen LogP contribution in [0.25, 0.3) is 0 Å². The van der Waals surface area contributed by atoms with Gasteiger partial charge in [-0.25, -0.2) is 0 Å². The second kappa shape index (κ2) is 7.18. The van der Waals surface area contributed by atoms with E-state index in [1.165, 1.54) is 5.56 Å². The van der Waals surface area contributed by atoms with Gasteiger partial charge in [-0.1, -0.05) is 36.3 Å². The third-order valence-electron chi connectivity index (χ3n) is 7.35. The summed E-state index contributed by atoms with van der Waals surface area (Å²) in [7, 11) is 0. The summed E-state index contributed by atoms with van der Waals surface area (Å²) in [6.07, 6.45) is 7.30. The molecule has 0 spiro atoms. The summed E-state index contributed by atoms with van der Waals surface area (Å²) in [5.74, 6) is 3.55. The fraction of sp³-hybridized carbons (Fsp3) is 0.609. The first-order valence-corrected chi connectivity index (χ1v) is 10.5. The van der Waals surface area contributed by atoms with E-state index in [1.807, 2.05) is 6.07 Å². The lowest BCUT2D eigenvalue weighted by atomic mass is 9.75. The van der Waals surface area contributed by atoms with E-state index >= 15 is 0 Å². The van der Waals surface area contributed by atoms with Gasteiger partial charge in [0.05, 0.1) is 30.8 Å². The normalized spacial score (nSPS) is 41.7. The van der Waals surface area contributed by atoms with Crippen LogP contribution in [0.3, 0.4) is 0 Å². The molecular formula is C23H28N2O3. The average Bonchev–Trinajstić information content (AvgIpc) is 3.27. The molecule has 1 amide bonds. The molecule has 0 radical (unpaired) electrons. The van der Waals surface area contributed by atoms with Gasteiger partial charge < -0.3 is 15.2 Å². The molecule has 1 aliphatic carbocycles. The molecule has 3 heterocycles. The van der Waals surface area contributed by atoms with Gasteiger partial charge >= 0.3 is 0 Å². The van der Waals surface area contributed by atoms with Gasteiger partial charge in [0.1, 0.15) is 0 Å². The number of hydrogen-bond donors (Lipinski definition) is 2. The monoisotopic (exact) mass is 380 g/mol. The molecule has 6 atom stereocenters. The molecule has 148 valence electrons. The Morgan fingerprint density at radius 1 is 1.21 bits per heavy atom. The Labute approximate surface area is 166 Å². The molecule has 28 heavy (non-hydrogen) atoms. The van der Waals surface area contributed by atoms with E-state index in [4.69, 9.17) is 11.2 Å². The van der Waals surface area contributed by atoms with Crippen LogP contribution in [0.4, 0.5) is 0 Å². The molecule has 4 fully saturated rings. The predicted octanol–water partition coefficient (Wildman–Crippen LogP) is 1.38. The summed E-state index contributed by atoms with van der Waals surface area (Å²) >= 11 is 0. The van der Waals surface area contributed by atoms with Crippen molar-refractivity contribution in [2.24, 2.45) is 17.8 Å². The number of benzene rings is 1. The van der Waals surface area contributed by atoms with Gasteiger partial charge in [0.15, 0.2) is 0 Å². The number of aliphatic hydroxyl groups excluding tert-OH is 1. The Morgan fingerprint density at radius 2 is 1.96 bits per heavy atom. The maximum atomic E-state index is 13.0. The second-order valence-corrected chi connectivity index (χ2v) is 8.98. The third kappa shape index (κ3) is 3.04. The number of hydrogen-bond acceptors (Lipinski definition) is 4. The zero-order valence-corrected chi connectivity index (χ0v) is 16.0. The number of rotatable bonds is 4. The lowest BCUT2D eigenvalue weighted by molar-refractivity contribution is -0.141. The minimum atomic E-state index is -0.493. The smallest absolute Gasteiger partial charge is 0.226 e. The van der Waals surface area contributed by atoms with E-state index in [0.717, 1.165) is 25.9 Å². The Kier molecular flexibility index (Phi) is 4.66. The van der Waals surface area contributed by atoms with E-state index < -0.39 is 6.10 Å². The quantitative estimate of drug-likeness (QED) is 0.775. The topological polar surface area (TPSA) is 61.8 Å². The van der Waals surface area contributed by atoms with Gasteiger partial charge in [0, 0.05) is 31.0 Å². The first-order chi connectivity index (χ1) is 13.6. The summed E-state index contributed by atoms with van der Waals surface area (Å²) < 4.78 is 6.12.